The molecule has 0 aliphatic carbocycles. The van der Waals surface area contributed by atoms with Crippen molar-refractivity contribution in [1.82, 2.24) is 14.6 Å². The first kappa shape index (κ1) is 17.4. The second kappa shape index (κ2) is 7.34. The van der Waals surface area contributed by atoms with E-state index < -0.39 is 0 Å². The lowest BCUT2D eigenvalue weighted by Crippen LogP contribution is -2.35. The van der Waals surface area contributed by atoms with Gasteiger partial charge < -0.3 is 0 Å². The van der Waals surface area contributed by atoms with Crippen LogP contribution in [-0.4, -0.2) is 20.6 Å². The normalized spacial score (nSPS) is 10.9. The summed E-state index contributed by atoms with van der Waals surface area (Å²) in [6, 6.07) is 14.6. The Morgan fingerprint density at radius 3 is 2.70 bits per heavy atom. The minimum atomic E-state index is -0.369. The number of pyridine rings is 1. The topological polar surface area (TPSA) is 76.9 Å². The third-order valence-electron chi connectivity index (χ3n) is 3.86. The van der Waals surface area contributed by atoms with Crippen LogP contribution >= 0.6 is 23.1 Å². The van der Waals surface area contributed by atoms with Crippen molar-refractivity contribution < 1.29 is 4.79 Å². The van der Waals surface area contributed by atoms with Crippen LogP contribution in [0.4, 0.5) is 0 Å². The molecule has 1 aromatic carbocycles. The Kier molecular flexibility index (Phi) is 4.74. The summed E-state index contributed by atoms with van der Waals surface area (Å²) in [5.41, 5.74) is 2.81. The van der Waals surface area contributed by atoms with Gasteiger partial charge in [-0.05, 0) is 54.8 Å². The maximum Gasteiger partial charge on any atom is 0.281 e. The predicted octanol–water partition coefficient (Wildman–Crippen LogP) is 3.70. The Bertz CT molecular complexity index is 1170. The molecule has 0 bridgehead atoms. The number of rotatable bonds is 4. The fraction of sp³-hybridized carbons (Fsp3) is 0.0526. The number of thiophene rings is 1. The Morgan fingerprint density at radius 1 is 1.15 bits per heavy atom. The molecule has 1 N–H and O–H groups in total. The van der Waals surface area contributed by atoms with Gasteiger partial charge in [0, 0.05) is 16.7 Å². The van der Waals surface area contributed by atoms with E-state index in [4.69, 9.17) is 0 Å². The highest BCUT2D eigenvalue weighted by molar-refractivity contribution is 7.99. The van der Waals surface area contributed by atoms with Gasteiger partial charge in [0.1, 0.15) is 15.7 Å². The molecule has 0 spiro atoms. The number of hydrogen-bond donors (Lipinski definition) is 1. The zero-order valence-electron chi connectivity index (χ0n) is 14.2. The van der Waals surface area contributed by atoms with Gasteiger partial charge in [0.2, 0.25) is 0 Å². The van der Waals surface area contributed by atoms with E-state index in [-0.39, 0.29) is 11.5 Å². The van der Waals surface area contributed by atoms with Crippen LogP contribution in [0.5, 0.6) is 0 Å². The highest BCUT2D eigenvalue weighted by Crippen LogP contribution is 2.25. The molecule has 8 heteroatoms. The fourth-order valence-corrected chi connectivity index (χ4v) is 4.09. The summed E-state index contributed by atoms with van der Waals surface area (Å²) < 4.78 is 1.19. The zero-order chi connectivity index (χ0) is 18.8. The maximum absolute atomic E-state index is 12.5. The first-order chi connectivity index (χ1) is 13.1. The zero-order valence-corrected chi connectivity index (χ0v) is 15.9. The molecule has 3 aromatic heterocycles. The van der Waals surface area contributed by atoms with Crippen molar-refractivity contribution in [2.24, 2.45) is 0 Å². The van der Waals surface area contributed by atoms with Crippen molar-refractivity contribution in [3.63, 3.8) is 0 Å². The van der Waals surface area contributed by atoms with Crippen LogP contribution in [0.2, 0.25) is 0 Å². The Hall–Kier alpha value is -2.97. The van der Waals surface area contributed by atoms with E-state index in [0.29, 0.717) is 21.6 Å². The summed E-state index contributed by atoms with van der Waals surface area (Å²) in [5.74, 6) is 0.0663. The number of hydrogen-bond acceptors (Lipinski definition) is 6. The number of carbonyl (C=O) groups excluding carboxylic acids is 1. The number of nitrogens with zero attached hydrogens (tertiary/aromatic N) is 3. The second-order valence-electron chi connectivity index (χ2n) is 5.67. The first-order valence-electron chi connectivity index (χ1n) is 8.09. The molecule has 27 heavy (non-hydrogen) atoms. The van der Waals surface area contributed by atoms with Crippen LogP contribution in [0.1, 0.15) is 16.2 Å². The van der Waals surface area contributed by atoms with Crippen molar-refractivity contribution in [2.45, 2.75) is 16.8 Å². The van der Waals surface area contributed by atoms with Crippen molar-refractivity contribution in [3.8, 4) is 0 Å². The van der Waals surface area contributed by atoms with Crippen molar-refractivity contribution >= 4 is 39.2 Å². The molecule has 3 heterocycles. The molecule has 0 saturated heterocycles. The van der Waals surface area contributed by atoms with Crippen LogP contribution < -0.4 is 11.0 Å². The molecule has 134 valence electrons. The highest BCUT2D eigenvalue weighted by Gasteiger charge is 2.13. The lowest BCUT2D eigenvalue weighted by molar-refractivity contribution is 0.101. The molecule has 1 amide bonds. The summed E-state index contributed by atoms with van der Waals surface area (Å²) in [6.07, 6.45) is 1.74. The van der Waals surface area contributed by atoms with Gasteiger partial charge in [-0.3, -0.25) is 15.0 Å². The average molecular weight is 394 g/mol. The standard InChI is InChI=1S/C19H14N4O2S2/c1-12-21-18-15(9-11-26-18)19(25)23(12)22-17(24)13-5-7-14(8-6-13)27-16-4-2-3-10-20-16/h2-11H,1H3,(H,22,24). The summed E-state index contributed by atoms with van der Waals surface area (Å²) in [7, 11) is 0. The summed E-state index contributed by atoms with van der Waals surface area (Å²) in [4.78, 5) is 35.4. The molecule has 0 atom stereocenters. The van der Waals surface area contributed by atoms with E-state index in [9.17, 15) is 9.59 Å². The first-order valence-corrected chi connectivity index (χ1v) is 9.78. The monoisotopic (exact) mass is 394 g/mol. The Morgan fingerprint density at radius 2 is 1.96 bits per heavy atom. The largest absolute Gasteiger partial charge is 0.281 e. The molecule has 4 aromatic rings. The molecule has 0 fully saturated rings. The quantitative estimate of drug-likeness (QED) is 0.571. The molecular weight excluding hydrogens is 380 g/mol. The fourth-order valence-electron chi connectivity index (χ4n) is 2.52. The number of benzene rings is 1. The van der Waals surface area contributed by atoms with Gasteiger partial charge in [-0.1, -0.05) is 17.8 Å². The van der Waals surface area contributed by atoms with Gasteiger partial charge in [-0.25, -0.2) is 14.6 Å². The molecule has 0 unspecified atom stereocenters. The number of fused-ring (bicyclic) bond motifs is 1. The molecule has 0 radical (unpaired) electrons. The molecule has 0 aliphatic heterocycles. The number of nitrogens with one attached hydrogen (secondary N) is 1. The van der Waals surface area contributed by atoms with E-state index in [0.717, 1.165) is 9.92 Å². The van der Waals surface area contributed by atoms with Crippen LogP contribution in [0, 0.1) is 6.92 Å². The maximum atomic E-state index is 12.5. The third kappa shape index (κ3) is 3.62. The summed E-state index contributed by atoms with van der Waals surface area (Å²) in [5, 5.41) is 3.18. The second-order valence-corrected chi connectivity index (χ2v) is 7.66. The van der Waals surface area contributed by atoms with Gasteiger partial charge in [0.05, 0.1) is 5.39 Å². The number of aromatic nitrogens is 3. The van der Waals surface area contributed by atoms with E-state index in [2.05, 4.69) is 15.4 Å². The smallest absolute Gasteiger partial charge is 0.267 e. The van der Waals surface area contributed by atoms with Gasteiger partial charge >= 0.3 is 0 Å². The van der Waals surface area contributed by atoms with Crippen LogP contribution in [0.25, 0.3) is 10.2 Å². The van der Waals surface area contributed by atoms with Crippen molar-refractivity contribution in [1.29, 1.82) is 0 Å². The van der Waals surface area contributed by atoms with Crippen LogP contribution in [0.3, 0.4) is 0 Å². The van der Waals surface area contributed by atoms with Crippen LogP contribution in [-0.2, 0) is 0 Å². The van der Waals surface area contributed by atoms with E-state index >= 15 is 0 Å². The Balaban J connectivity index is 1.54. The molecular formula is C19H14N4O2S2. The Labute approximate surface area is 162 Å². The average Bonchev–Trinajstić information content (AvgIpc) is 3.15. The van der Waals surface area contributed by atoms with Gasteiger partial charge in [0.15, 0.2) is 0 Å². The van der Waals surface area contributed by atoms with Crippen molar-refractivity contribution in [2.75, 3.05) is 5.43 Å². The van der Waals surface area contributed by atoms with E-state index in [1.807, 2.05) is 35.7 Å². The summed E-state index contributed by atoms with van der Waals surface area (Å²) in [6.45, 7) is 1.69. The number of aryl methyl sites for hydroxylation is 1. The van der Waals surface area contributed by atoms with Crippen molar-refractivity contribution in [3.05, 3.63) is 81.8 Å². The minimum Gasteiger partial charge on any atom is -0.267 e. The third-order valence-corrected chi connectivity index (χ3v) is 5.62. The van der Waals surface area contributed by atoms with E-state index in [1.165, 1.54) is 27.8 Å². The highest BCUT2D eigenvalue weighted by atomic mass is 32.2. The SMILES string of the molecule is Cc1nc2sccc2c(=O)n1NC(=O)c1ccc(Sc2ccccn2)cc1. The molecule has 4 rings (SSSR count). The summed E-state index contributed by atoms with van der Waals surface area (Å²) >= 11 is 2.91. The minimum absolute atomic E-state index is 0.283. The molecule has 0 saturated carbocycles. The van der Waals surface area contributed by atoms with Gasteiger partial charge in [-0.15, -0.1) is 11.3 Å². The lowest BCUT2D eigenvalue weighted by atomic mass is 10.2. The number of amides is 1. The predicted molar refractivity (Wildman–Crippen MR) is 107 cm³/mol. The lowest BCUT2D eigenvalue weighted by Gasteiger charge is -2.11. The van der Waals surface area contributed by atoms with Gasteiger partial charge in [0.25, 0.3) is 11.5 Å². The molecule has 0 aliphatic rings. The van der Waals surface area contributed by atoms with Gasteiger partial charge in [-0.2, -0.15) is 0 Å². The molecule has 6 nitrogen and oxygen atoms in total. The van der Waals surface area contributed by atoms with Crippen LogP contribution in [0.15, 0.2) is 74.8 Å². The van der Waals surface area contributed by atoms with E-state index in [1.54, 1.807) is 31.3 Å². The number of carbonyl (C=O) groups is 1.